The molecule has 2 fully saturated rings. The minimum absolute atomic E-state index is 0.0247. The van der Waals surface area contributed by atoms with Gasteiger partial charge in [0, 0.05) is 43.6 Å². The van der Waals surface area contributed by atoms with E-state index in [1.807, 2.05) is 6.92 Å². The molecule has 1 saturated heterocycles. The van der Waals surface area contributed by atoms with Crippen molar-refractivity contribution in [2.75, 3.05) is 19.6 Å². The fourth-order valence-electron chi connectivity index (χ4n) is 5.51. The molecule has 1 saturated carbocycles. The Balaban J connectivity index is 1.30. The quantitative estimate of drug-likeness (QED) is 0.643. The van der Waals surface area contributed by atoms with Gasteiger partial charge in [0.25, 0.3) is 17.4 Å². The summed E-state index contributed by atoms with van der Waals surface area (Å²) in [6.45, 7) is 2.54. The summed E-state index contributed by atoms with van der Waals surface area (Å²) in [6.07, 6.45) is 6.40. The van der Waals surface area contributed by atoms with Crippen molar-refractivity contribution in [3.63, 3.8) is 0 Å². The normalized spacial score (nSPS) is 20.0. The van der Waals surface area contributed by atoms with E-state index in [4.69, 9.17) is 0 Å². The van der Waals surface area contributed by atoms with Gasteiger partial charge in [0.05, 0.1) is 11.3 Å². The largest absolute Gasteiger partial charge is 0.335 e. The molecule has 36 heavy (non-hydrogen) atoms. The average molecular weight is 495 g/mol. The van der Waals surface area contributed by atoms with Gasteiger partial charge in [0.1, 0.15) is 5.82 Å². The van der Waals surface area contributed by atoms with E-state index in [2.05, 4.69) is 10.2 Å². The number of piperazine rings is 1. The summed E-state index contributed by atoms with van der Waals surface area (Å²) in [5.74, 6) is -2.00. The Labute approximate surface area is 208 Å². The lowest BCUT2D eigenvalue weighted by Crippen LogP contribution is -2.57. The van der Waals surface area contributed by atoms with Gasteiger partial charge in [-0.1, -0.05) is 12.5 Å². The lowest BCUT2D eigenvalue weighted by molar-refractivity contribution is -0.150. The standard InChI is InChI=1S/C27H31FN4O4/c1-16-15-31(11-12-32(16)27(36)24(33)18-5-4-6-18)26(35)21-13-17(9-10-22(21)28)14-23-19-7-2-3-8-20(19)25(34)30-29-23/h9-10,13,16,18H,2-8,11-12,14-15H2,1H3,(H,30,34)/t16-/m0/s1. The van der Waals surface area contributed by atoms with E-state index >= 15 is 0 Å². The van der Waals surface area contributed by atoms with Crippen LogP contribution in [0.1, 0.15) is 71.8 Å². The first-order valence-corrected chi connectivity index (χ1v) is 12.8. The number of hydrogen-bond acceptors (Lipinski definition) is 5. The fraction of sp³-hybridized carbons (Fsp3) is 0.519. The molecule has 3 aliphatic rings. The van der Waals surface area contributed by atoms with Crippen LogP contribution in [0.15, 0.2) is 23.0 Å². The molecule has 2 aromatic rings. The summed E-state index contributed by atoms with van der Waals surface area (Å²) in [7, 11) is 0. The maximum atomic E-state index is 14.8. The third kappa shape index (κ3) is 4.58. The molecular weight excluding hydrogens is 463 g/mol. The van der Waals surface area contributed by atoms with Crippen molar-refractivity contribution in [1.29, 1.82) is 0 Å². The van der Waals surface area contributed by atoms with E-state index in [1.54, 1.807) is 21.9 Å². The van der Waals surface area contributed by atoms with Crippen LogP contribution in [0.4, 0.5) is 4.39 Å². The molecule has 0 radical (unpaired) electrons. The second-order valence-electron chi connectivity index (χ2n) is 10.2. The van der Waals surface area contributed by atoms with Crippen LogP contribution < -0.4 is 5.56 Å². The van der Waals surface area contributed by atoms with Crippen LogP contribution in [0.5, 0.6) is 0 Å². The summed E-state index contributed by atoms with van der Waals surface area (Å²) >= 11 is 0. The van der Waals surface area contributed by atoms with Crippen LogP contribution in [0.25, 0.3) is 0 Å². The summed E-state index contributed by atoms with van der Waals surface area (Å²) < 4.78 is 14.8. The number of halogens is 1. The highest BCUT2D eigenvalue weighted by molar-refractivity contribution is 6.37. The van der Waals surface area contributed by atoms with Gasteiger partial charge < -0.3 is 9.80 Å². The Morgan fingerprint density at radius 3 is 2.53 bits per heavy atom. The number of nitrogens with zero attached hydrogens (tertiary/aromatic N) is 3. The third-order valence-electron chi connectivity index (χ3n) is 7.88. The topological polar surface area (TPSA) is 103 Å². The van der Waals surface area contributed by atoms with Crippen LogP contribution in [-0.4, -0.2) is 63.3 Å². The molecule has 0 unspecified atom stereocenters. The molecule has 1 aromatic carbocycles. The zero-order valence-corrected chi connectivity index (χ0v) is 20.5. The van der Waals surface area contributed by atoms with Crippen LogP contribution in [0, 0.1) is 11.7 Å². The minimum Gasteiger partial charge on any atom is -0.335 e. The first-order chi connectivity index (χ1) is 17.3. The molecule has 2 aliphatic carbocycles. The van der Waals surface area contributed by atoms with E-state index in [0.717, 1.165) is 67.3 Å². The van der Waals surface area contributed by atoms with Crippen LogP contribution >= 0.6 is 0 Å². The summed E-state index contributed by atoms with van der Waals surface area (Å²) in [5, 5.41) is 6.83. The average Bonchev–Trinajstić information content (AvgIpc) is 2.85. The number of aromatic amines is 1. The number of carbonyl (C=O) groups is 3. The maximum absolute atomic E-state index is 14.8. The predicted molar refractivity (Wildman–Crippen MR) is 130 cm³/mol. The number of rotatable bonds is 5. The van der Waals surface area contributed by atoms with E-state index in [0.29, 0.717) is 6.42 Å². The minimum atomic E-state index is -0.605. The Morgan fingerprint density at radius 2 is 1.83 bits per heavy atom. The van der Waals surface area contributed by atoms with Gasteiger partial charge in [-0.05, 0) is 68.7 Å². The van der Waals surface area contributed by atoms with Crippen molar-refractivity contribution < 1.29 is 18.8 Å². The van der Waals surface area contributed by atoms with E-state index in [9.17, 15) is 23.6 Å². The molecule has 2 heterocycles. The number of benzene rings is 1. The van der Waals surface area contributed by atoms with Crippen LogP contribution in [0.2, 0.25) is 0 Å². The number of fused-ring (bicyclic) bond motifs is 1. The smallest absolute Gasteiger partial charge is 0.290 e. The van der Waals surface area contributed by atoms with Crippen LogP contribution in [0.3, 0.4) is 0 Å². The van der Waals surface area contributed by atoms with Gasteiger partial charge in [-0.3, -0.25) is 19.2 Å². The third-order valence-corrected chi connectivity index (χ3v) is 7.88. The van der Waals surface area contributed by atoms with E-state index in [1.165, 1.54) is 6.07 Å². The predicted octanol–water partition coefficient (Wildman–Crippen LogP) is 2.42. The highest BCUT2D eigenvalue weighted by atomic mass is 19.1. The summed E-state index contributed by atoms with van der Waals surface area (Å²) in [4.78, 5) is 53.6. The maximum Gasteiger partial charge on any atom is 0.290 e. The fourth-order valence-corrected chi connectivity index (χ4v) is 5.51. The molecule has 0 bridgehead atoms. The van der Waals surface area contributed by atoms with Crippen molar-refractivity contribution in [1.82, 2.24) is 20.0 Å². The van der Waals surface area contributed by atoms with Crippen molar-refractivity contribution in [2.45, 2.75) is 64.3 Å². The Hall–Kier alpha value is -3.36. The first kappa shape index (κ1) is 24.3. The monoisotopic (exact) mass is 494 g/mol. The number of nitrogens with one attached hydrogen (secondary N) is 1. The summed E-state index contributed by atoms with van der Waals surface area (Å²) in [5.41, 5.74) is 3.06. The number of ketones is 1. The first-order valence-electron chi connectivity index (χ1n) is 12.8. The van der Waals surface area contributed by atoms with Crippen molar-refractivity contribution in [2.24, 2.45) is 5.92 Å². The molecule has 2 amide bonds. The Kier molecular flexibility index (Phi) is 6.73. The Bertz CT molecular complexity index is 1270. The number of Topliss-reactive ketones (excluding diaryl/α,β-unsaturated/α-hetero) is 1. The van der Waals surface area contributed by atoms with Gasteiger partial charge in [-0.2, -0.15) is 5.10 Å². The molecule has 1 N–H and O–H groups in total. The molecule has 0 spiro atoms. The zero-order valence-electron chi connectivity index (χ0n) is 20.5. The van der Waals surface area contributed by atoms with Crippen LogP contribution in [-0.2, 0) is 28.9 Å². The second kappa shape index (κ2) is 9.95. The molecular formula is C27H31FN4O4. The lowest BCUT2D eigenvalue weighted by atomic mass is 9.81. The Morgan fingerprint density at radius 1 is 1.08 bits per heavy atom. The number of hydrogen-bond donors (Lipinski definition) is 1. The molecule has 9 heteroatoms. The van der Waals surface area contributed by atoms with Gasteiger partial charge >= 0.3 is 0 Å². The highest BCUT2D eigenvalue weighted by Crippen LogP contribution is 2.28. The summed E-state index contributed by atoms with van der Waals surface area (Å²) in [6, 6.07) is 4.16. The van der Waals surface area contributed by atoms with Crippen molar-refractivity contribution in [3.8, 4) is 0 Å². The van der Waals surface area contributed by atoms with Crippen molar-refractivity contribution >= 4 is 17.6 Å². The number of amides is 2. The molecule has 1 aliphatic heterocycles. The van der Waals surface area contributed by atoms with Gasteiger partial charge in [-0.15, -0.1) is 0 Å². The number of carbonyl (C=O) groups excluding carboxylic acids is 3. The van der Waals surface area contributed by atoms with Gasteiger partial charge in [-0.25, -0.2) is 9.49 Å². The molecule has 190 valence electrons. The van der Waals surface area contributed by atoms with E-state index in [-0.39, 0.29) is 48.5 Å². The molecule has 8 nitrogen and oxygen atoms in total. The van der Waals surface area contributed by atoms with Gasteiger partial charge in [0.15, 0.2) is 0 Å². The lowest BCUT2D eigenvalue weighted by Gasteiger charge is -2.40. The van der Waals surface area contributed by atoms with Gasteiger partial charge in [0.2, 0.25) is 5.78 Å². The van der Waals surface area contributed by atoms with E-state index < -0.39 is 17.6 Å². The SMILES string of the molecule is C[C@H]1CN(C(=O)c2cc(Cc3n[nH]c(=O)c4c3CCCC4)ccc2F)CCN1C(=O)C(=O)C1CCC1. The highest BCUT2D eigenvalue weighted by Gasteiger charge is 2.37. The number of H-pyrrole nitrogens is 1. The van der Waals surface area contributed by atoms with Crippen molar-refractivity contribution in [3.05, 3.63) is 62.3 Å². The zero-order chi connectivity index (χ0) is 25.4. The number of aromatic nitrogens is 2. The molecule has 1 aromatic heterocycles. The molecule has 5 rings (SSSR count). The second-order valence-corrected chi connectivity index (χ2v) is 10.2. The molecule has 1 atom stereocenters.